The van der Waals surface area contributed by atoms with E-state index in [0.29, 0.717) is 17.2 Å². The molecule has 1 fully saturated rings. The van der Waals surface area contributed by atoms with Crippen molar-refractivity contribution < 1.29 is 18.1 Å². The number of nitro benzene ring substituents is 1. The van der Waals surface area contributed by atoms with E-state index >= 15 is 0 Å². The second-order valence-corrected chi connectivity index (χ2v) is 10.5. The Kier molecular flexibility index (Phi) is 6.85. The summed E-state index contributed by atoms with van der Waals surface area (Å²) in [4.78, 5) is 26.1. The molecule has 0 unspecified atom stereocenters. The number of anilines is 2. The molecule has 1 aliphatic rings. The van der Waals surface area contributed by atoms with Crippen LogP contribution in [0.4, 0.5) is 17.1 Å². The molecule has 9 nitrogen and oxygen atoms in total. The van der Waals surface area contributed by atoms with Crippen molar-refractivity contribution in [3.8, 4) is 0 Å². The SMILES string of the molecule is Cc1ccc(NC(=O)c2ccc(N3CCC[C@H](C)C3)c([N+](=O)[O-])c2)cc1S(=O)(=O)N(C)C. The number of nitrogens with one attached hydrogen (secondary N) is 1. The summed E-state index contributed by atoms with van der Waals surface area (Å²) in [7, 11) is -0.815. The maximum atomic E-state index is 12.8. The Balaban J connectivity index is 1.89. The van der Waals surface area contributed by atoms with Gasteiger partial charge in [-0.05, 0) is 55.5 Å². The highest BCUT2D eigenvalue weighted by atomic mass is 32.2. The zero-order valence-electron chi connectivity index (χ0n) is 18.7. The summed E-state index contributed by atoms with van der Waals surface area (Å²) in [6.45, 7) is 5.26. The monoisotopic (exact) mass is 460 g/mol. The largest absolute Gasteiger partial charge is 0.366 e. The molecule has 10 heteroatoms. The molecule has 172 valence electrons. The number of rotatable bonds is 6. The van der Waals surface area contributed by atoms with E-state index in [1.807, 2.05) is 4.90 Å². The molecule has 1 aliphatic heterocycles. The molecule has 1 amide bonds. The molecular formula is C22H28N4O5S. The van der Waals surface area contributed by atoms with Gasteiger partial charge < -0.3 is 10.2 Å². The summed E-state index contributed by atoms with van der Waals surface area (Å²) >= 11 is 0. The minimum absolute atomic E-state index is 0.0841. The Hall–Kier alpha value is -2.98. The fraction of sp³-hybridized carbons (Fsp3) is 0.409. The van der Waals surface area contributed by atoms with Crippen LogP contribution in [0.15, 0.2) is 41.3 Å². The van der Waals surface area contributed by atoms with Crippen LogP contribution in [0.1, 0.15) is 35.7 Å². The number of carbonyl (C=O) groups is 1. The van der Waals surface area contributed by atoms with Gasteiger partial charge in [-0.15, -0.1) is 0 Å². The number of piperidine rings is 1. The van der Waals surface area contributed by atoms with Crippen molar-refractivity contribution in [1.82, 2.24) is 4.31 Å². The first-order valence-corrected chi connectivity index (χ1v) is 11.8. The van der Waals surface area contributed by atoms with Gasteiger partial charge in [0.1, 0.15) is 5.69 Å². The highest BCUT2D eigenvalue weighted by Crippen LogP contribution is 2.33. The van der Waals surface area contributed by atoms with E-state index in [1.54, 1.807) is 31.2 Å². The van der Waals surface area contributed by atoms with Gasteiger partial charge in [-0.2, -0.15) is 0 Å². The van der Waals surface area contributed by atoms with Crippen molar-refractivity contribution in [1.29, 1.82) is 0 Å². The zero-order chi connectivity index (χ0) is 23.6. The minimum Gasteiger partial charge on any atom is -0.366 e. The van der Waals surface area contributed by atoms with E-state index in [-0.39, 0.29) is 21.8 Å². The van der Waals surface area contributed by atoms with E-state index in [9.17, 15) is 23.3 Å². The molecule has 1 heterocycles. The average molecular weight is 461 g/mol. The molecule has 0 saturated carbocycles. The summed E-state index contributed by atoms with van der Waals surface area (Å²) in [5.41, 5.74) is 1.35. The summed E-state index contributed by atoms with van der Waals surface area (Å²) < 4.78 is 26.2. The van der Waals surface area contributed by atoms with E-state index in [0.717, 1.165) is 30.2 Å². The molecule has 0 bridgehead atoms. The maximum Gasteiger partial charge on any atom is 0.293 e. The number of aryl methyl sites for hydroxylation is 1. The normalized spacial score (nSPS) is 16.8. The number of hydrogen-bond acceptors (Lipinski definition) is 6. The summed E-state index contributed by atoms with van der Waals surface area (Å²) in [5, 5.41) is 14.4. The molecular weight excluding hydrogens is 432 g/mol. The van der Waals surface area contributed by atoms with Gasteiger partial charge >= 0.3 is 0 Å². The Morgan fingerprint density at radius 1 is 1.22 bits per heavy atom. The van der Waals surface area contributed by atoms with Crippen LogP contribution in [0.2, 0.25) is 0 Å². The van der Waals surface area contributed by atoms with Gasteiger partial charge in [0.15, 0.2) is 0 Å². The summed E-state index contributed by atoms with van der Waals surface area (Å²) in [6, 6.07) is 9.04. The minimum atomic E-state index is -3.68. The predicted molar refractivity (Wildman–Crippen MR) is 124 cm³/mol. The lowest BCUT2D eigenvalue weighted by atomic mass is 9.99. The molecule has 1 atom stereocenters. The second-order valence-electron chi connectivity index (χ2n) is 8.38. The van der Waals surface area contributed by atoms with Crippen LogP contribution in [-0.2, 0) is 10.0 Å². The number of nitro groups is 1. The van der Waals surface area contributed by atoms with Crippen molar-refractivity contribution in [2.45, 2.75) is 31.6 Å². The highest BCUT2D eigenvalue weighted by Gasteiger charge is 2.26. The molecule has 2 aromatic rings. The standard InChI is InChI=1S/C22H28N4O5S/c1-15-6-5-11-25(14-15)19-10-8-17(12-20(19)26(28)29)22(27)23-18-9-7-16(2)21(13-18)32(30,31)24(3)4/h7-10,12-13,15H,5-6,11,14H2,1-4H3,(H,23,27)/t15-/m0/s1. The van der Waals surface area contributed by atoms with Gasteiger partial charge in [-0.3, -0.25) is 14.9 Å². The lowest BCUT2D eigenvalue weighted by Gasteiger charge is -2.32. The first kappa shape index (κ1) is 23.7. The molecule has 32 heavy (non-hydrogen) atoms. The molecule has 0 aromatic heterocycles. The fourth-order valence-corrected chi connectivity index (χ4v) is 4.99. The van der Waals surface area contributed by atoms with Crippen LogP contribution in [0.3, 0.4) is 0 Å². The molecule has 0 spiro atoms. The third-order valence-electron chi connectivity index (χ3n) is 5.64. The van der Waals surface area contributed by atoms with Gasteiger partial charge in [0.25, 0.3) is 11.6 Å². The molecule has 2 aromatic carbocycles. The van der Waals surface area contributed by atoms with Crippen molar-refractivity contribution >= 4 is 33.0 Å². The number of benzene rings is 2. The Bertz CT molecular complexity index is 1150. The van der Waals surface area contributed by atoms with Gasteiger partial charge in [0, 0.05) is 44.5 Å². The third-order valence-corrected chi connectivity index (χ3v) is 7.59. The zero-order valence-corrected chi connectivity index (χ0v) is 19.5. The van der Waals surface area contributed by atoms with Crippen molar-refractivity contribution in [2.75, 3.05) is 37.4 Å². The molecule has 3 rings (SSSR count). The van der Waals surface area contributed by atoms with Crippen LogP contribution in [-0.4, -0.2) is 50.7 Å². The number of hydrogen-bond donors (Lipinski definition) is 1. The highest BCUT2D eigenvalue weighted by molar-refractivity contribution is 7.89. The Labute approximate surface area is 188 Å². The lowest BCUT2D eigenvalue weighted by molar-refractivity contribution is -0.384. The Morgan fingerprint density at radius 3 is 2.56 bits per heavy atom. The van der Waals surface area contributed by atoms with E-state index in [4.69, 9.17) is 0 Å². The van der Waals surface area contributed by atoms with Crippen LogP contribution in [0, 0.1) is 23.0 Å². The predicted octanol–water partition coefficient (Wildman–Crippen LogP) is 3.64. The number of carbonyl (C=O) groups excluding carboxylic acids is 1. The topological polar surface area (TPSA) is 113 Å². The maximum absolute atomic E-state index is 12.8. The number of amides is 1. The quantitative estimate of drug-likeness (QED) is 0.520. The second kappa shape index (κ2) is 9.25. The van der Waals surface area contributed by atoms with E-state index < -0.39 is 20.9 Å². The van der Waals surface area contributed by atoms with Gasteiger partial charge in [-0.1, -0.05) is 13.0 Å². The van der Waals surface area contributed by atoms with E-state index in [2.05, 4.69) is 12.2 Å². The first-order chi connectivity index (χ1) is 15.0. The van der Waals surface area contributed by atoms with E-state index in [1.165, 1.54) is 26.2 Å². The first-order valence-electron chi connectivity index (χ1n) is 10.4. The van der Waals surface area contributed by atoms with Crippen molar-refractivity contribution in [2.24, 2.45) is 5.92 Å². The fourth-order valence-electron chi connectivity index (χ4n) is 3.84. The third kappa shape index (κ3) is 4.91. The van der Waals surface area contributed by atoms with Gasteiger partial charge in [0.05, 0.1) is 9.82 Å². The lowest BCUT2D eigenvalue weighted by Crippen LogP contribution is -2.34. The summed E-state index contributed by atoms with van der Waals surface area (Å²) in [5.74, 6) is -0.107. The summed E-state index contributed by atoms with van der Waals surface area (Å²) in [6.07, 6.45) is 2.05. The van der Waals surface area contributed by atoms with Crippen molar-refractivity contribution in [3.05, 3.63) is 57.6 Å². The average Bonchev–Trinajstić information content (AvgIpc) is 2.74. The van der Waals surface area contributed by atoms with Crippen LogP contribution in [0.5, 0.6) is 0 Å². The van der Waals surface area contributed by atoms with Gasteiger partial charge in [0.2, 0.25) is 10.0 Å². The molecule has 1 saturated heterocycles. The number of nitrogens with zero attached hydrogens (tertiary/aromatic N) is 3. The van der Waals surface area contributed by atoms with Crippen LogP contribution >= 0.6 is 0 Å². The molecule has 0 aliphatic carbocycles. The van der Waals surface area contributed by atoms with Crippen molar-refractivity contribution in [3.63, 3.8) is 0 Å². The van der Waals surface area contributed by atoms with Crippen LogP contribution in [0.25, 0.3) is 0 Å². The smallest absolute Gasteiger partial charge is 0.293 e. The Morgan fingerprint density at radius 2 is 1.94 bits per heavy atom. The molecule has 1 N–H and O–H groups in total. The van der Waals surface area contributed by atoms with Crippen LogP contribution < -0.4 is 10.2 Å². The van der Waals surface area contributed by atoms with Gasteiger partial charge in [-0.25, -0.2) is 12.7 Å². The molecule has 0 radical (unpaired) electrons. The number of sulfonamides is 1.